The van der Waals surface area contributed by atoms with Crippen molar-refractivity contribution in [3.05, 3.63) is 29.8 Å². The summed E-state index contributed by atoms with van der Waals surface area (Å²) in [6, 6.07) is 7.22. The number of urea groups is 1. The molecule has 0 unspecified atom stereocenters. The van der Waals surface area contributed by atoms with Gasteiger partial charge in [0.15, 0.2) is 0 Å². The number of carbonyl (C=O) groups is 2. The summed E-state index contributed by atoms with van der Waals surface area (Å²) in [5.41, 5.74) is 0.398. The molecule has 1 saturated heterocycles. The molecule has 0 aromatic heterocycles. The van der Waals surface area contributed by atoms with Crippen LogP contribution in [0, 0.1) is 5.92 Å². The van der Waals surface area contributed by atoms with Gasteiger partial charge in [-0.15, -0.1) is 0 Å². The Hall–Kier alpha value is -2.08. The van der Waals surface area contributed by atoms with Crippen LogP contribution in [0.3, 0.4) is 0 Å². The van der Waals surface area contributed by atoms with Crippen molar-refractivity contribution in [3.63, 3.8) is 0 Å². The number of amides is 3. The van der Waals surface area contributed by atoms with Gasteiger partial charge in [-0.25, -0.2) is 4.79 Å². The molecule has 0 spiro atoms. The number of ether oxygens (including phenoxy) is 1. The van der Waals surface area contributed by atoms with Gasteiger partial charge in [0.2, 0.25) is 0 Å². The maximum Gasteiger partial charge on any atom is 0.325 e. The van der Waals surface area contributed by atoms with E-state index in [-0.39, 0.29) is 25.0 Å². The quantitative estimate of drug-likeness (QED) is 0.745. The minimum Gasteiger partial charge on any atom is -0.491 e. The van der Waals surface area contributed by atoms with E-state index in [2.05, 4.69) is 12.2 Å². The summed E-state index contributed by atoms with van der Waals surface area (Å²) >= 11 is 0. The number of carbonyl (C=O) groups excluding carboxylic acids is 2. The number of rotatable bonds is 7. The van der Waals surface area contributed by atoms with Crippen molar-refractivity contribution in [2.24, 2.45) is 5.92 Å². The molecule has 1 aromatic rings. The van der Waals surface area contributed by atoms with Crippen LogP contribution in [0.25, 0.3) is 0 Å². The van der Waals surface area contributed by atoms with E-state index in [0.29, 0.717) is 5.75 Å². The van der Waals surface area contributed by atoms with Crippen LogP contribution in [0.4, 0.5) is 4.79 Å². The van der Waals surface area contributed by atoms with Crippen molar-refractivity contribution >= 4 is 11.9 Å². The largest absolute Gasteiger partial charge is 0.491 e. The highest BCUT2D eigenvalue weighted by Gasteiger charge is 2.56. The van der Waals surface area contributed by atoms with Crippen molar-refractivity contribution < 1.29 is 19.4 Å². The smallest absolute Gasteiger partial charge is 0.325 e. The molecule has 0 radical (unpaired) electrons. The fraction of sp³-hybridized carbons (Fsp3) is 0.556. The second-order valence-corrected chi connectivity index (χ2v) is 6.78. The number of aliphatic hydroxyl groups is 1. The van der Waals surface area contributed by atoms with Gasteiger partial charge in [-0.1, -0.05) is 19.1 Å². The van der Waals surface area contributed by atoms with Crippen LogP contribution >= 0.6 is 0 Å². The number of imide groups is 1. The number of nitrogens with zero attached hydrogens (tertiary/aromatic N) is 1. The Kier molecular flexibility index (Phi) is 4.49. The second kappa shape index (κ2) is 6.43. The first-order valence-corrected chi connectivity index (χ1v) is 8.48. The lowest BCUT2D eigenvalue weighted by Gasteiger charge is -2.22. The average Bonchev–Trinajstić information content (AvgIpc) is 3.40. The number of aliphatic hydroxyl groups excluding tert-OH is 1. The summed E-state index contributed by atoms with van der Waals surface area (Å²) in [5.74, 6) is 0.622. The van der Waals surface area contributed by atoms with E-state index >= 15 is 0 Å². The Bertz CT molecular complexity index is 626. The molecule has 0 bridgehead atoms. The zero-order chi connectivity index (χ0) is 17.3. The van der Waals surface area contributed by atoms with Gasteiger partial charge in [0.1, 0.15) is 24.0 Å². The molecule has 1 heterocycles. The lowest BCUT2D eigenvalue weighted by Crippen LogP contribution is -2.46. The number of hydrogen-bond donors (Lipinski definition) is 2. The molecule has 6 nitrogen and oxygen atoms in total. The zero-order valence-corrected chi connectivity index (χ0v) is 14.1. The summed E-state index contributed by atoms with van der Waals surface area (Å²) in [5, 5.41) is 12.9. The lowest BCUT2D eigenvalue weighted by molar-refractivity contribution is -0.132. The first-order valence-electron chi connectivity index (χ1n) is 8.48. The molecule has 1 aliphatic heterocycles. The van der Waals surface area contributed by atoms with Crippen molar-refractivity contribution in [2.75, 3.05) is 13.2 Å². The predicted molar refractivity (Wildman–Crippen MR) is 88.7 cm³/mol. The number of nitrogens with one attached hydrogen (secondary N) is 1. The van der Waals surface area contributed by atoms with Crippen LogP contribution in [-0.2, 0) is 11.2 Å². The Morgan fingerprint density at radius 3 is 2.58 bits per heavy atom. The lowest BCUT2D eigenvalue weighted by atomic mass is 9.96. The SMILES string of the molecule is CCc1ccc(OC[C@@H](O)CN2C(=O)N[C@@](C)(C3CC3)C2=O)cc1. The predicted octanol–water partition coefficient (Wildman–Crippen LogP) is 1.71. The average molecular weight is 332 g/mol. The summed E-state index contributed by atoms with van der Waals surface area (Å²) in [6.45, 7) is 3.82. The van der Waals surface area contributed by atoms with Gasteiger partial charge >= 0.3 is 6.03 Å². The van der Waals surface area contributed by atoms with Gasteiger partial charge in [0.05, 0.1) is 6.54 Å². The summed E-state index contributed by atoms with van der Waals surface area (Å²) in [6.07, 6.45) is 1.94. The molecule has 2 aliphatic rings. The number of β-amino-alcohol motifs (C(OH)–C–C–N with tert-alkyl or cyclic N) is 1. The number of benzene rings is 1. The third-order valence-electron chi connectivity index (χ3n) is 4.86. The van der Waals surface area contributed by atoms with E-state index in [1.807, 2.05) is 24.3 Å². The van der Waals surface area contributed by atoms with Gasteiger partial charge in [0, 0.05) is 0 Å². The molecular weight excluding hydrogens is 308 g/mol. The molecule has 3 rings (SSSR count). The molecule has 130 valence electrons. The Labute approximate surface area is 141 Å². The Morgan fingerprint density at radius 2 is 2.00 bits per heavy atom. The van der Waals surface area contributed by atoms with E-state index in [1.54, 1.807) is 6.92 Å². The third kappa shape index (κ3) is 3.24. The highest BCUT2D eigenvalue weighted by atomic mass is 16.5. The van der Waals surface area contributed by atoms with Crippen LogP contribution in [0.15, 0.2) is 24.3 Å². The third-order valence-corrected chi connectivity index (χ3v) is 4.86. The van der Waals surface area contributed by atoms with Crippen molar-refractivity contribution in [1.82, 2.24) is 10.2 Å². The van der Waals surface area contributed by atoms with E-state index in [1.165, 1.54) is 5.56 Å². The molecule has 6 heteroatoms. The molecule has 2 fully saturated rings. The standard InChI is InChI=1S/C18H24N2O4/c1-3-12-4-8-15(9-5-12)24-11-14(21)10-20-16(22)18(2,13-6-7-13)19-17(20)23/h4-5,8-9,13-14,21H,3,6-7,10-11H2,1-2H3,(H,19,23)/t14-,18-/m0/s1. The topological polar surface area (TPSA) is 78.9 Å². The number of hydrogen-bond acceptors (Lipinski definition) is 4. The summed E-state index contributed by atoms with van der Waals surface area (Å²) in [4.78, 5) is 25.6. The van der Waals surface area contributed by atoms with E-state index in [0.717, 1.165) is 24.2 Å². The maximum atomic E-state index is 12.5. The normalized spacial score (nSPS) is 24.9. The summed E-state index contributed by atoms with van der Waals surface area (Å²) < 4.78 is 5.54. The first kappa shape index (κ1) is 16.8. The van der Waals surface area contributed by atoms with E-state index in [4.69, 9.17) is 4.74 Å². The van der Waals surface area contributed by atoms with Gasteiger partial charge in [-0.3, -0.25) is 9.69 Å². The molecule has 1 aromatic carbocycles. The van der Waals surface area contributed by atoms with Gasteiger partial charge in [-0.2, -0.15) is 0 Å². The highest BCUT2D eigenvalue weighted by molar-refractivity contribution is 6.07. The highest BCUT2D eigenvalue weighted by Crippen LogP contribution is 2.42. The molecular formula is C18H24N2O4. The van der Waals surface area contributed by atoms with Gasteiger partial charge in [0.25, 0.3) is 5.91 Å². The molecule has 1 saturated carbocycles. The minimum atomic E-state index is -0.924. The maximum absolute atomic E-state index is 12.5. The molecule has 24 heavy (non-hydrogen) atoms. The van der Waals surface area contributed by atoms with Crippen LogP contribution < -0.4 is 10.1 Å². The minimum absolute atomic E-state index is 0.0304. The van der Waals surface area contributed by atoms with Crippen molar-refractivity contribution in [3.8, 4) is 5.75 Å². The molecule has 2 N–H and O–H groups in total. The van der Waals surface area contributed by atoms with E-state index < -0.39 is 17.7 Å². The molecule has 3 amide bonds. The molecule has 2 atom stereocenters. The van der Waals surface area contributed by atoms with Crippen molar-refractivity contribution in [1.29, 1.82) is 0 Å². The Balaban J connectivity index is 1.53. The van der Waals surface area contributed by atoms with Crippen LogP contribution in [0.1, 0.15) is 32.3 Å². The van der Waals surface area contributed by atoms with Crippen LogP contribution in [0.5, 0.6) is 5.75 Å². The van der Waals surface area contributed by atoms with E-state index in [9.17, 15) is 14.7 Å². The van der Waals surface area contributed by atoms with Crippen molar-refractivity contribution in [2.45, 2.75) is 44.8 Å². The number of aryl methyl sites for hydroxylation is 1. The van der Waals surface area contributed by atoms with Crippen LogP contribution in [-0.4, -0.2) is 46.7 Å². The zero-order valence-electron chi connectivity index (χ0n) is 14.1. The fourth-order valence-electron chi connectivity index (χ4n) is 3.10. The Morgan fingerprint density at radius 1 is 1.33 bits per heavy atom. The molecule has 1 aliphatic carbocycles. The van der Waals surface area contributed by atoms with Crippen LogP contribution in [0.2, 0.25) is 0 Å². The first-order chi connectivity index (χ1) is 11.4. The monoisotopic (exact) mass is 332 g/mol. The fourth-order valence-corrected chi connectivity index (χ4v) is 3.10. The second-order valence-electron chi connectivity index (χ2n) is 6.78. The van der Waals surface area contributed by atoms with Gasteiger partial charge < -0.3 is 15.2 Å². The summed E-state index contributed by atoms with van der Waals surface area (Å²) in [7, 11) is 0. The van der Waals surface area contributed by atoms with Gasteiger partial charge in [-0.05, 0) is 49.8 Å².